The molecular formula is C13H17ClFN. The van der Waals surface area contributed by atoms with Crippen molar-refractivity contribution in [2.45, 2.75) is 32.4 Å². The molecule has 88 valence electrons. The Bertz CT molecular complexity index is 359. The molecule has 1 heterocycles. The van der Waals surface area contributed by atoms with Crippen LogP contribution in [0.5, 0.6) is 0 Å². The highest BCUT2D eigenvalue weighted by atomic mass is 35.5. The van der Waals surface area contributed by atoms with Gasteiger partial charge < -0.3 is 4.90 Å². The SMILES string of the molecule is CCc1ccc(Cl)c(N2CCC(F)CC2)c1. The van der Waals surface area contributed by atoms with Crippen LogP contribution in [0.15, 0.2) is 18.2 Å². The number of piperidine rings is 1. The van der Waals surface area contributed by atoms with Crippen molar-refractivity contribution in [1.82, 2.24) is 0 Å². The average Bonchev–Trinajstić information content (AvgIpc) is 2.31. The molecule has 0 aromatic heterocycles. The van der Waals surface area contributed by atoms with Crippen molar-refractivity contribution in [3.63, 3.8) is 0 Å². The molecular weight excluding hydrogens is 225 g/mol. The van der Waals surface area contributed by atoms with Crippen molar-refractivity contribution in [2.24, 2.45) is 0 Å². The van der Waals surface area contributed by atoms with Crippen LogP contribution >= 0.6 is 11.6 Å². The van der Waals surface area contributed by atoms with E-state index in [1.165, 1.54) is 5.56 Å². The number of benzene rings is 1. The van der Waals surface area contributed by atoms with Crippen molar-refractivity contribution >= 4 is 17.3 Å². The topological polar surface area (TPSA) is 3.24 Å². The van der Waals surface area contributed by atoms with E-state index >= 15 is 0 Å². The number of rotatable bonds is 2. The van der Waals surface area contributed by atoms with Crippen LogP contribution in [-0.2, 0) is 6.42 Å². The summed E-state index contributed by atoms with van der Waals surface area (Å²) < 4.78 is 13.1. The number of aryl methyl sites for hydroxylation is 1. The lowest BCUT2D eigenvalue weighted by atomic mass is 10.1. The molecule has 0 saturated carbocycles. The third-order valence-corrected chi connectivity index (χ3v) is 3.50. The maximum Gasteiger partial charge on any atom is 0.103 e. The van der Waals surface area contributed by atoms with Gasteiger partial charge in [-0.15, -0.1) is 0 Å². The summed E-state index contributed by atoms with van der Waals surface area (Å²) in [6, 6.07) is 6.12. The zero-order valence-electron chi connectivity index (χ0n) is 9.55. The van der Waals surface area contributed by atoms with E-state index in [1.54, 1.807) is 0 Å². The van der Waals surface area contributed by atoms with Crippen molar-refractivity contribution in [2.75, 3.05) is 18.0 Å². The maximum atomic E-state index is 13.1. The number of alkyl halides is 1. The molecule has 0 unspecified atom stereocenters. The molecule has 0 spiro atoms. The Kier molecular flexibility index (Phi) is 3.70. The Morgan fingerprint density at radius 2 is 2.06 bits per heavy atom. The monoisotopic (exact) mass is 241 g/mol. The van der Waals surface area contributed by atoms with E-state index < -0.39 is 6.17 Å². The standard InChI is InChI=1S/C13H17ClFN/c1-2-10-3-4-12(14)13(9-10)16-7-5-11(15)6-8-16/h3-4,9,11H,2,5-8H2,1H3. The van der Waals surface area contributed by atoms with Crippen LogP contribution in [0.4, 0.5) is 10.1 Å². The molecule has 0 radical (unpaired) electrons. The highest BCUT2D eigenvalue weighted by Crippen LogP contribution is 2.30. The molecule has 1 aromatic rings. The highest BCUT2D eigenvalue weighted by molar-refractivity contribution is 6.33. The Labute approximate surface area is 101 Å². The van der Waals surface area contributed by atoms with E-state index in [9.17, 15) is 4.39 Å². The van der Waals surface area contributed by atoms with Crippen molar-refractivity contribution in [3.8, 4) is 0 Å². The molecule has 0 N–H and O–H groups in total. The molecule has 1 aromatic carbocycles. The first kappa shape index (κ1) is 11.7. The van der Waals surface area contributed by atoms with E-state index in [4.69, 9.17) is 11.6 Å². The normalized spacial score (nSPS) is 17.8. The second-order valence-corrected chi connectivity index (χ2v) is 4.71. The lowest BCUT2D eigenvalue weighted by Crippen LogP contribution is -2.34. The largest absolute Gasteiger partial charge is 0.370 e. The zero-order chi connectivity index (χ0) is 11.5. The maximum absolute atomic E-state index is 13.1. The first-order valence-corrected chi connectivity index (χ1v) is 6.26. The van der Waals surface area contributed by atoms with Gasteiger partial charge in [0, 0.05) is 13.1 Å². The van der Waals surface area contributed by atoms with Gasteiger partial charge in [0.1, 0.15) is 6.17 Å². The molecule has 16 heavy (non-hydrogen) atoms. The second-order valence-electron chi connectivity index (χ2n) is 4.30. The minimum atomic E-state index is -0.635. The van der Waals surface area contributed by atoms with Crippen molar-refractivity contribution in [1.29, 1.82) is 0 Å². The van der Waals surface area contributed by atoms with E-state index in [2.05, 4.69) is 17.9 Å². The third-order valence-electron chi connectivity index (χ3n) is 3.18. The molecule has 1 aliphatic heterocycles. The predicted molar refractivity (Wildman–Crippen MR) is 67.2 cm³/mol. The van der Waals surface area contributed by atoms with Gasteiger partial charge in [0.2, 0.25) is 0 Å². The molecule has 1 nitrogen and oxygen atoms in total. The van der Waals surface area contributed by atoms with E-state index in [0.717, 1.165) is 30.2 Å². The molecule has 3 heteroatoms. The summed E-state index contributed by atoms with van der Waals surface area (Å²) in [6.45, 7) is 3.67. The van der Waals surface area contributed by atoms with Crippen LogP contribution in [0.25, 0.3) is 0 Å². The number of nitrogens with zero attached hydrogens (tertiary/aromatic N) is 1. The fourth-order valence-electron chi connectivity index (χ4n) is 2.11. The fourth-order valence-corrected chi connectivity index (χ4v) is 2.35. The van der Waals surface area contributed by atoms with Gasteiger partial charge >= 0.3 is 0 Å². The van der Waals surface area contributed by atoms with Gasteiger partial charge in [0.15, 0.2) is 0 Å². The molecule has 1 fully saturated rings. The van der Waals surface area contributed by atoms with Crippen LogP contribution in [0.3, 0.4) is 0 Å². The molecule has 1 aliphatic rings. The third kappa shape index (κ3) is 2.49. The van der Waals surface area contributed by atoms with Crippen LogP contribution in [0, 0.1) is 0 Å². The summed E-state index contributed by atoms with van der Waals surface area (Å²) in [5, 5.41) is 0.773. The lowest BCUT2D eigenvalue weighted by Gasteiger charge is -2.31. The lowest BCUT2D eigenvalue weighted by molar-refractivity contribution is 0.277. The van der Waals surface area contributed by atoms with Crippen LogP contribution in [0.2, 0.25) is 5.02 Å². The smallest absolute Gasteiger partial charge is 0.103 e. The minimum absolute atomic E-state index is 0.618. The summed E-state index contributed by atoms with van der Waals surface area (Å²) in [5.74, 6) is 0. The Balaban J connectivity index is 2.19. The summed E-state index contributed by atoms with van der Waals surface area (Å²) in [4.78, 5) is 2.19. The minimum Gasteiger partial charge on any atom is -0.370 e. The van der Waals surface area contributed by atoms with Crippen LogP contribution in [0.1, 0.15) is 25.3 Å². The summed E-state index contributed by atoms with van der Waals surface area (Å²) in [7, 11) is 0. The van der Waals surface area contributed by atoms with Crippen molar-refractivity contribution in [3.05, 3.63) is 28.8 Å². The van der Waals surface area contributed by atoms with Gasteiger partial charge in [-0.3, -0.25) is 0 Å². The molecule has 0 amide bonds. The van der Waals surface area contributed by atoms with Gasteiger partial charge in [-0.1, -0.05) is 24.6 Å². The number of hydrogen-bond donors (Lipinski definition) is 0. The van der Waals surface area contributed by atoms with E-state index in [0.29, 0.717) is 12.8 Å². The highest BCUT2D eigenvalue weighted by Gasteiger charge is 2.20. The van der Waals surface area contributed by atoms with Crippen molar-refractivity contribution < 1.29 is 4.39 Å². The van der Waals surface area contributed by atoms with Gasteiger partial charge in [-0.2, -0.15) is 0 Å². The molecule has 2 rings (SSSR count). The zero-order valence-corrected chi connectivity index (χ0v) is 10.3. The van der Waals surface area contributed by atoms with Gasteiger partial charge in [-0.05, 0) is 37.0 Å². The van der Waals surface area contributed by atoms with Crippen LogP contribution < -0.4 is 4.90 Å². The number of halogens is 2. The fraction of sp³-hybridized carbons (Fsp3) is 0.538. The predicted octanol–water partition coefficient (Wildman–Crippen LogP) is 3.84. The first-order valence-electron chi connectivity index (χ1n) is 5.88. The van der Waals surface area contributed by atoms with E-state index in [1.807, 2.05) is 12.1 Å². The van der Waals surface area contributed by atoms with Gasteiger partial charge in [0.05, 0.1) is 10.7 Å². The molecule has 0 bridgehead atoms. The Morgan fingerprint density at radius 3 is 2.69 bits per heavy atom. The van der Waals surface area contributed by atoms with E-state index in [-0.39, 0.29) is 0 Å². The van der Waals surface area contributed by atoms with Gasteiger partial charge in [0.25, 0.3) is 0 Å². The number of hydrogen-bond acceptors (Lipinski definition) is 1. The molecule has 0 aliphatic carbocycles. The first-order chi connectivity index (χ1) is 7.70. The van der Waals surface area contributed by atoms with Gasteiger partial charge in [-0.25, -0.2) is 4.39 Å². The summed E-state index contributed by atoms with van der Waals surface area (Å²) in [5.41, 5.74) is 2.34. The summed E-state index contributed by atoms with van der Waals surface area (Å²) in [6.07, 6.45) is 1.60. The quantitative estimate of drug-likeness (QED) is 0.761. The second kappa shape index (κ2) is 5.05. The molecule has 1 saturated heterocycles. The summed E-state index contributed by atoms with van der Waals surface area (Å²) >= 11 is 6.19. The Morgan fingerprint density at radius 1 is 1.38 bits per heavy atom. The van der Waals surface area contributed by atoms with Crippen LogP contribution in [-0.4, -0.2) is 19.3 Å². The molecule has 0 atom stereocenters. The number of anilines is 1. The average molecular weight is 242 g/mol. The Hall–Kier alpha value is -0.760.